The number of nitrogens with one attached hydrogen (secondary N) is 1. The van der Waals surface area contributed by atoms with Crippen molar-refractivity contribution in [1.82, 2.24) is 4.90 Å². The first-order valence-corrected chi connectivity index (χ1v) is 11.4. The number of fused-ring (bicyclic) bond motifs is 1. The van der Waals surface area contributed by atoms with Crippen molar-refractivity contribution in [3.63, 3.8) is 0 Å². The molecule has 7 heteroatoms. The fraction of sp³-hybridized carbons (Fsp3) is 0.292. The van der Waals surface area contributed by atoms with E-state index in [4.69, 9.17) is 31.2 Å². The summed E-state index contributed by atoms with van der Waals surface area (Å²) in [6.45, 7) is 2.20. The van der Waals surface area contributed by atoms with E-state index in [9.17, 15) is 0 Å². The second kappa shape index (κ2) is 9.73. The lowest BCUT2D eigenvalue weighted by Crippen LogP contribution is -2.38. The lowest BCUT2D eigenvalue weighted by molar-refractivity contribution is 0.166. The number of rotatable bonds is 8. The number of thiophene rings is 1. The van der Waals surface area contributed by atoms with Crippen LogP contribution in [0.15, 0.2) is 47.8 Å². The van der Waals surface area contributed by atoms with Crippen molar-refractivity contribution in [3.8, 4) is 17.2 Å². The van der Waals surface area contributed by atoms with Crippen LogP contribution < -0.4 is 14.2 Å². The summed E-state index contributed by atoms with van der Waals surface area (Å²) >= 11 is 7.95. The predicted octanol–water partition coefficient (Wildman–Crippen LogP) is 5.44. The lowest BCUT2D eigenvalue weighted by Gasteiger charge is -2.36. The molecule has 1 N–H and O–H groups in total. The van der Waals surface area contributed by atoms with Crippen LogP contribution in [-0.2, 0) is 6.42 Å². The molecule has 2 aromatic carbocycles. The van der Waals surface area contributed by atoms with Gasteiger partial charge in [0, 0.05) is 29.2 Å². The molecule has 162 valence electrons. The molecule has 0 saturated heterocycles. The van der Waals surface area contributed by atoms with Crippen molar-refractivity contribution in [2.45, 2.75) is 12.5 Å². The van der Waals surface area contributed by atoms with Crippen LogP contribution in [0.3, 0.4) is 0 Å². The number of benzene rings is 2. The molecule has 0 bridgehead atoms. The van der Waals surface area contributed by atoms with E-state index in [0.29, 0.717) is 29.4 Å². The zero-order valence-electron chi connectivity index (χ0n) is 17.6. The van der Waals surface area contributed by atoms with Gasteiger partial charge in [-0.1, -0.05) is 23.7 Å². The van der Waals surface area contributed by atoms with Crippen molar-refractivity contribution >= 4 is 29.2 Å². The van der Waals surface area contributed by atoms with E-state index in [-0.39, 0.29) is 6.04 Å². The van der Waals surface area contributed by atoms with Crippen LogP contribution in [0.1, 0.15) is 27.6 Å². The van der Waals surface area contributed by atoms with Gasteiger partial charge in [-0.05, 0) is 58.8 Å². The third kappa shape index (κ3) is 4.56. The normalized spacial score (nSPS) is 15.9. The molecule has 0 fully saturated rings. The van der Waals surface area contributed by atoms with Crippen molar-refractivity contribution in [1.29, 1.82) is 5.41 Å². The second-order valence-corrected chi connectivity index (χ2v) is 8.72. The summed E-state index contributed by atoms with van der Waals surface area (Å²) < 4.78 is 17.1. The second-order valence-electron chi connectivity index (χ2n) is 7.29. The summed E-state index contributed by atoms with van der Waals surface area (Å²) in [5.74, 6) is 1.68. The SMILES string of the molecule is COc1cc(C=N)cc(OC)c1OCCN1CCc2sccc2C1c1ccc(Cl)cc1. The van der Waals surface area contributed by atoms with Crippen molar-refractivity contribution < 1.29 is 14.2 Å². The molecule has 4 rings (SSSR count). The Labute approximate surface area is 191 Å². The van der Waals surface area contributed by atoms with E-state index in [1.807, 2.05) is 23.5 Å². The van der Waals surface area contributed by atoms with E-state index in [2.05, 4.69) is 28.5 Å². The fourth-order valence-electron chi connectivity index (χ4n) is 4.04. The summed E-state index contributed by atoms with van der Waals surface area (Å²) in [6, 6.07) is 14.1. The largest absolute Gasteiger partial charge is 0.493 e. The Hall–Kier alpha value is -2.54. The molecule has 2 heterocycles. The molecule has 0 radical (unpaired) electrons. The molecule has 0 aliphatic carbocycles. The number of nitrogens with zero attached hydrogens (tertiary/aromatic N) is 1. The molecule has 3 aromatic rings. The average Bonchev–Trinajstić information content (AvgIpc) is 3.28. The van der Waals surface area contributed by atoms with E-state index in [1.54, 1.807) is 26.4 Å². The summed E-state index contributed by atoms with van der Waals surface area (Å²) in [4.78, 5) is 3.89. The van der Waals surface area contributed by atoms with Crippen LogP contribution >= 0.6 is 22.9 Å². The minimum Gasteiger partial charge on any atom is -0.493 e. The molecular weight excluding hydrogens is 432 g/mol. The van der Waals surface area contributed by atoms with Gasteiger partial charge >= 0.3 is 0 Å². The number of halogens is 1. The summed E-state index contributed by atoms with van der Waals surface area (Å²) in [7, 11) is 3.18. The molecule has 31 heavy (non-hydrogen) atoms. The molecule has 1 aliphatic rings. The van der Waals surface area contributed by atoms with Gasteiger partial charge in [0.05, 0.1) is 20.3 Å². The fourth-order valence-corrected chi connectivity index (χ4v) is 5.07. The number of hydrogen-bond donors (Lipinski definition) is 1. The Morgan fingerprint density at radius 2 is 1.84 bits per heavy atom. The molecule has 1 atom stereocenters. The zero-order chi connectivity index (χ0) is 21.8. The number of ether oxygens (including phenoxy) is 3. The zero-order valence-corrected chi connectivity index (χ0v) is 19.1. The van der Waals surface area contributed by atoms with E-state index >= 15 is 0 Å². The van der Waals surface area contributed by atoms with Gasteiger partial charge in [-0.15, -0.1) is 11.3 Å². The summed E-state index contributed by atoms with van der Waals surface area (Å²) in [5, 5.41) is 10.4. The summed E-state index contributed by atoms with van der Waals surface area (Å²) in [6.07, 6.45) is 2.30. The highest BCUT2D eigenvalue weighted by Crippen LogP contribution is 2.40. The molecule has 1 unspecified atom stereocenters. The van der Waals surface area contributed by atoms with Gasteiger partial charge in [0.2, 0.25) is 5.75 Å². The molecule has 1 aromatic heterocycles. The predicted molar refractivity (Wildman–Crippen MR) is 126 cm³/mol. The summed E-state index contributed by atoms with van der Waals surface area (Å²) in [5.41, 5.74) is 3.29. The van der Waals surface area contributed by atoms with E-state index < -0.39 is 0 Å². The molecule has 1 aliphatic heterocycles. The van der Waals surface area contributed by atoms with Gasteiger partial charge in [-0.25, -0.2) is 0 Å². The van der Waals surface area contributed by atoms with Crippen LogP contribution in [0.25, 0.3) is 0 Å². The first-order valence-electron chi connectivity index (χ1n) is 10.1. The average molecular weight is 457 g/mol. The van der Waals surface area contributed by atoms with Crippen LogP contribution in [0.4, 0.5) is 0 Å². The minimum absolute atomic E-state index is 0.181. The molecule has 0 saturated carbocycles. The maximum absolute atomic E-state index is 7.50. The van der Waals surface area contributed by atoms with Crippen molar-refractivity contribution in [3.05, 3.63) is 74.4 Å². The maximum Gasteiger partial charge on any atom is 0.203 e. The first kappa shape index (κ1) is 21.7. The molecule has 5 nitrogen and oxygen atoms in total. The number of methoxy groups -OCH3 is 2. The van der Waals surface area contributed by atoms with Gasteiger partial charge in [0.1, 0.15) is 6.61 Å². The monoisotopic (exact) mass is 456 g/mol. The molecule has 0 amide bonds. The third-order valence-electron chi connectivity index (χ3n) is 5.53. The van der Waals surface area contributed by atoms with Crippen LogP contribution in [0.2, 0.25) is 5.02 Å². The molecule has 0 spiro atoms. The number of hydrogen-bond acceptors (Lipinski definition) is 6. The topological polar surface area (TPSA) is 54.8 Å². The molecular formula is C24H25ClN2O3S. The maximum atomic E-state index is 7.50. The van der Waals surface area contributed by atoms with E-state index in [1.165, 1.54) is 22.2 Å². The minimum atomic E-state index is 0.181. The van der Waals surface area contributed by atoms with Gasteiger partial charge < -0.3 is 19.6 Å². The van der Waals surface area contributed by atoms with Gasteiger partial charge in [-0.3, -0.25) is 4.90 Å². The Balaban J connectivity index is 1.54. The van der Waals surface area contributed by atoms with Crippen LogP contribution in [0, 0.1) is 5.41 Å². The highest BCUT2D eigenvalue weighted by Gasteiger charge is 2.29. The smallest absolute Gasteiger partial charge is 0.203 e. The standard InChI is InChI=1S/C24H25ClN2O3S/c1-28-20-13-16(15-26)14-21(29-2)24(20)30-11-10-27-9-7-22-19(8-12-31-22)23(27)17-3-5-18(25)6-4-17/h3-6,8,12-15,23,26H,7,9-11H2,1-2H3. The Morgan fingerprint density at radius 1 is 1.13 bits per heavy atom. The Morgan fingerprint density at radius 3 is 2.48 bits per heavy atom. The highest BCUT2D eigenvalue weighted by molar-refractivity contribution is 7.10. The van der Waals surface area contributed by atoms with Crippen molar-refractivity contribution in [2.24, 2.45) is 0 Å². The highest BCUT2D eigenvalue weighted by atomic mass is 35.5. The van der Waals surface area contributed by atoms with Gasteiger partial charge in [0.25, 0.3) is 0 Å². The third-order valence-corrected chi connectivity index (χ3v) is 6.77. The van der Waals surface area contributed by atoms with Gasteiger partial charge in [-0.2, -0.15) is 0 Å². The quantitative estimate of drug-likeness (QED) is 0.458. The first-order chi connectivity index (χ1) is 15.1. The Kier molecular flexibility index (Phi) is 6.80. The Bertz CT molecular complexity index is 1030. The lowest BCUT2D eigenvalue weighted by atomic mass is 9.93. The van der Waals surface area contributed by atoms with Crippen LogP contribution in [-0.4, -0.2) is 45.0 Å². The van der Waals surface area contributed by atoms with E-state index in [0.717, 1.165) is 24.5 Å². The van der Waals surface area contributed by atoms with Crippen LogP contribution in [0.5, 0.6) is 17.2 Å². The van der Waals surface area contributed by atoms with Crippen molar-refractivity contribution in [2.75, 3.05) is 33.9 Å². The van der Waals surface area contributed by atoms with Gasteiger partial charge in [0.15, 0.2) is 11.5 Å².